The van der Waals surface area contributed by atoms with Crippen LogP contribution in [-0.4, -0.2) is 24.4 Å². The Labute approximate surface area is 55.8 Å². The molecule has 2 heteroatoms. The molecule has 0 aliphatic carbocycles. The van der Waals surface area contributed by atoms with E-state index < -0.39 is 0 Å². The summed E-state index contributed by atoms with van der Waals surface area (Å²) in [5.41, 5.74) is 0. The molecule has 0 aromatic rings. The normalized spacial score (nSPS) is 22.1. The average Bonchev–Trinajstić information content (AvgIpc) is 1.90. The Morgan fingerprint density at radius 2 is 2.56 bits per heavy atom. The number of hydrogen-bond donors (Lipinski definition) is 0. The summed E-state index contributed by atoms with van der Waals surface area (Å²) in [6, 6.07) is 0. The summed E-state index contributed by atoms with van der Waals surface area (Å²) >= 11 is 0. The molecule has 1 saturated heterocycles. The maximum absolute atomic E-state index is 10.2. The summed E-state index contributed by atoms with van der Waals surface area (Å²) < 4.78 is 0. The van der Waals surface area contributed by atoms with Crippen LogP contribution in [0.5, 0.6) is 0 Å². The standard InChI is InChI=1S/C7H12NO/c1-7-2-4-8(6-9)5-3-7/h2,6-7H,3-5H2,1H3. The Bertz CT molecular complexity index is 95.1. The smallest absolute Gasteiger partial charge is 0.209 e. The number of carbonyl (C=O) groups excluding carboxylic acids is 1. The fourth-order valence-electron chi connectivity index (χ4n) is 0.990. The second-order valence-electron chi connectivity index (χ2n) is 2.60. The number of carbonyl (C=O) groups is 1. The molecule has 1 amide bonds. The van der Waals surface area contributed by atoms with E-state index in [9.17, 15) is 4.79 Å². The fraction of sp³-hybridized carbons (Fsp3) is 0.714. The van der Waals surface area contributed by atoms with Gasteiger partial charge in [-0.25, -0.2) is 0 Å². The first kappa shape index (κ1) is 6.59. The highest BCUT2D eigenvalue weighted by Gasteiger charge is 2.13. The largest absolute Gasteiger partial charge is 0.345 e. The Balaban J connectivity index is 2.26. The number of rotatable bonds is 1. The van der Waals surface area contributed by atoms with Gasteiger partial charge in [0.2, 0.25) is 6.41 Å². The van der Waals surface area contributed by atoms with Crippen molar-refractivity contribution in [1.29, 1.82) is 0 Å². The molecule has 1 rings (SSSR count). The van der Waals surface area contributed by atoms with Crippen molar-refractivity contribution in [3.05, 3.63) is 6.42 Å². The Kier molecular flexibility index (Phi) is 2.09. The van der Waals surface area contributed by atoms with Crippen LogP contribution in [0.3, 0.4) is 0 Å². The van der Waals surface area contributed by atoms with Crippen LogP contribution in [0.15, 0.2) is 0 Å². The van der Waals surface area contributed by atoms with Crippen molar-refractivity contribution in [3.8, 4) is 0 Å². The molecule has 51 valence electrons. The van der Waals surface area contributed by atoms with Gasteiger partial charge in [0.05, 0.1) is 0 Å². The zero-order valence-corrected chi connectivity index (χ0v) is 5.71. The fourth-order valence-corrected chi connectivity index (χ4v) is 0.990. The van der Waals surface area contributed by atoms with E-state index in [1.165, 1.54) is 0 Å². The van der Waals surface area contributed by atoms with Gasteiger partial charge < -0.3 is 4.90 Å². The zero-order chi connectivity index (χ0) is 6.69. The maximum Gasteiger partial charge on any atom is 0.209 e. The molecule has 1 fully saturated rings. The molecular weight excluding hydrogens is 114 g/mol. The highest BCUT2D eigenvalue weighted by atomic mass is 16.1. The first-order valence-corrected chi connectivity index (χ1v) is 3.35. The molecular formula is C7H12NO. The molecule has 0 bridgehead atoms. The molecule has 9 heavy (non-hydrogen) atoms. The van der Waals surface area contributed by atoms with Crippen molar-refractivity contribution in [3.63, 3.8) is 0 Å². The van der Waals surface area contributed by atoms with Crippen molar-refractivity contribution < 1.29 is 4.79 Å². The summed E-state index contributed by atoms with van der Waals surface area (Å²) in [6.45, 7) is 3.95. The zero-order valence-electron chi connectivity index (χ0n) is 5.71. The van der Waals surface area contributed by atoms with E-state index >= 15 is 0 Å². The lowest BCUT2D eigenvalue weighted by Gasteiger charge is -2.26. The van der Waals surface area contributed by atoms with Gasteiger partial charge in [-0.3, -0.25) is 4.79 Å². The Morgan fingerprint density at radius 3 is 3.00 bits per heavy atom. The first-order chi connectivity index (χ1) is 4.33. The van der Waals surface area contributed by atoms with Gasteiger partial charge in [-0.15, -0.1) is 0 Å². The molecule has 0 aromatic carbocycles. The molecule has 0 spiro atoms. The lowest BCUT2D eigenvalue weighted by Crippen LogP contribution is -2.31. The van der Waals surface area contributed by atoms with E-state index in [4.69, 9.17) is 0 Å². The van der Waals surface area contributed by atoms with E-state index in [0.29, 0.717) is 5.92 Å². The third kappa shape index (κ3) is 1.70. The topological polar surface area (TPSA) is 20.3 Å². The molecule has 0 aromatic heterocycles. The van der Waals surface area contributed by atoms with E-state index in [-0.39, 0.29) is 0 Å². The van der Waals surface area contributed by atoms with E-state index in [1.807, 2.05) is 0 Å². The van der Waals surface area contributed by atoms with Gasteiger partial charge in [0.1, 0.15) is 0 Å². The monoisotopic (exact) mass is 126 g/mol. The summed E-state index contributed by atoms with van der Waals surface area (Å²) in [4.78, 5) is 12.0. The van der Waals surface area contributed by atoms with E-state index in [2.05, 4.69) is 13.3 Å². The van der Waals surface area contributed by atoms with Crippen molar-refractivity contribution in [1.82, 2.24) is 4.90 Å². The van der Waals surface area contributed by atoms with Gasteiger partial charge in [-0.1, -0.05) is 6.92 Å². The SMILES string of the molecule is CC1[CH]CN(C=O)CC1. The van der Waals surface area contributed by atoms with Crippen molar-refractivity contribution in [2.45, 2.75) is 13.3 Å². The minimum absolute atomic E-state index is 0.696. The predicted molar refractivity (Wildman–Crippen MR) is 35.7 cm³/mol. The summed E-state index contributed by atoms with van der Waals surface area (Å²) in [7, 11) is 0. The van der Waals surface area contributed by atoms with Crippen LogP contribution in [-0.2, 0) is 4.79 Å². The third-order valence-corrected chi connectivity index (χ3v) is 1.76. The number of amides is 1. The van der Waals surface area contributed by atoms with Crippen LogP contribution >= 0.6 is 0 Å². The lowest BCUT2D eigenvalue weighted by atomic mass is 10.00. The molecule has 2 nitrogen and oxygen atoms in total. The van der Waals surface area contributed by atoms with Crippen LogP contribution in [0.2, 0.25) is 0 Å². The minimum Gasteiger partial charge on any atom is -0.345 e. The molecule has 1 unspecified atom stereocenters. The van der Waals surface area contributed by atoms with Gasteiger partial charge in [-0.05, 0) is 18.8 Å². The molecule has 0 saturated carbocycles. The molecule has 1 aliphatic heterocycles. The van der Waals surface area contributed by atoms with Crippen LogP contribution < -0.4 is 0 Å². The van der Waals surface area contributed by atoms with E-state index in [0.717, 1.165) is 25.9 Å². The second kappa shape index (κ2) is 2.85. The third-order valence-electron chi connectivity index (χ3n) is 1.76. The minimum atomic E-state index is 0.696. The Hall–Kier alpha value is -0.530. The van der Waals surface area contributed by atoms with E-state index in [1.54, 1.807) is 4.90 Å². The van der Waals surface area contributed by atoms with Crippen LogP contribution in [0.25, 0.3) is 0 Å². The summed E-state index contributed by atoms with van der Waals surface area (Å²) in [6.07, 6.45) is 4.22. The Morgan fingerprint density at radius 1 is 1.78 bits per heavy atom. The van der Waals surface area contributed by atoms with Crippen LogP contribution in [0.1, 0.15) is 13.3 Å². The number of likely N-dealkylation sites (tertiary alicyclic amines) is 1. The highest BCUT2D eigenvalue weighted by Crippen LogP contribution is 2.12. The molecule has 1 heterocycles. The highest BCUT2D eigenvalue weighted by molar-refractivity contribution is 5.47. The molecule has 1 aliphatic rings. The summed E-state index contributed by atoms with van der Waals surface area (Å²) in [5, 5.41) is 0. The quantitative estimate of drug-likeness (QED) is 0.473. The van der Waals surface area contributed by atoms with Gasteiger partial charge in [0, 0.05) is 13.1 Å². The van der Waals surface area contributed by atoms with Crippen LogP contribution in [0, 0.1) is 12.3 Å². The van der Waals surface area contributed by atoms with Gasteiger partial charge in [-0.2, -0.15) is 0 Å². The lowest BCUT2D eigenvalue weighted by molar-refractivity contribution is -0.118. The van der Waals surface area contributed by atoms with Crippen molar-refractivity contribution in [2.75, 3.05) is 13.1 Å². The van der Waals surface area contributed by atoms with Crippen molar-refractivity contribution >= 4 is 6.41 Å². The molecule has 1 atom stereocenters. The van der Waals surface area contributed by atoms with Gasteiger partial charge in [0.15, 0.2) is 0 Å². The molecule has 0 N–H and O–H groups in total. The second-order valence-corrected chi connectivity index (χ2v) is 2.60. The maximum atomic E-state index is 10.2. The van der Waals surface area contributed by atoms with Gasteiger partial charge >= 0.3 is 0 Å². The van der Waals surface area contributed by atoms with Gasteiger partial charge in [0.25, 0.3) is 0 Å². The molecule has 1 radical (unpaired) electrons. The van der Waals surface area contributed by atoms with Crippen molar-refractivity contribution in [2.24, 2.45) is 5.92 Å². The average molecular weight is 126 g/mol. The summed E-state index contributed by atoms with van der Waals surface area (Å²) in [5.74, 6) is 0.696. The number of hydrogen-bond acceptors (Lipinski definition) is 1. The van der Waals surface area contributed by atoms with Crippen LogP contribution in [0.4, 0.5) is 0 Å². The first-order valence-electron chi connectivity index (χ1n) is 3.35. The number of piperidine rings is 1. The predicted octanol–water partition coefficient (Wildman–Crippen LogP) is 0.689. The number of nitrogens with zero attached hydrogens (tertiary/aromatic N) is 1.